The first kappa shape index (κ1) is 24.8. The predicted octanol–water partition coefficient (Wildman–Crippen LogP) is 2.96. The van der Waals surface area contributed by atoms with E-state index in [-0.39, 0.29) is 50.9 Å². The fraction of sp³-hybridized carbons (Fsp3) is 0.524. The van der Waals surface area contributed by atoms with Gasteiger partial charge in [0.1, 0.15) is 10.6 Å². The molecule has 188 valence electrons. The van der Waals surface area contributed by atoms with Crippen molar-refractivity contribution in [3.8, 4) is 0 Å². The maximum Gasteiger partial charge on any atom is 0.451 e. The zero-order chi connectivity index (χ0) is 25.2. The molecule has 14 heteroatoms. The van der Waals surface area contributed by atoms with Crippen LogP contribution in [-0.2, 0) is 35.2 Å². The first-order valence-electron chi connectivity index (χ1n) is 11.2. The normalized spacial score (nSPS) is 13.7. The lowest BCUT2D eigenvalue weighted by atomic mass is 10.2. The van der Waals surface area contributed by atoms with Gasteiger partial charge in [0.15, 0.2) is 5.82 Å². The van der Waals surface area contributed by atoms with Gasteiger partial charge in [-0.2, -0.15) is 13.2 Å². The van der Waals surface area contributed by atoms with Crippen LogP contribution in [0.1, 0.15) is 53.8 Å². The van der Waals surface area contributed by atoms with Gasteiger partial charge >= 0.3 is 12.1 Å². The van der Waals surface area contributed by atoms with Crippen molar-refractivity contribution in [3.05, 3.63) is 28.4 Å². The van der Waals surface area contributed by atoms with Crippen LogP contribution >= 0.6 is 11.3 Å². The molecule has 4 rings (SSSR count). The maximum absolute atomic E-state index is 13.2. The van der Waals surface area contributed by atoms with E-state index in [0.717, 1.165) is 27.7 Å². The molecular weight excluding hydrogens is 487 g/mol. The second-order valence-electron chi connectivity index (χ2n) is 7.87. The van der Waals surface area contributed by atoms with Gasteiger partial charge in [0.05, 0.1) is 25.0 Å². The lowest BCUT2D eigenvalue weighted by Gasteiger charge is -2.29. The molecule has 3 aromatic heterocycles. The molecule has 0 spiro atoms. The van der Waals surface area contributed by atoms with Crippen molar-refractivity contribution in [2.75, 3.05) is 24.6 Å². The van der Waals surface area contributed by atoms with E-state index in [1.165, 1.54) is 11.3 Å². The summed E-state index contributed by atoms with van der Waals surface area (Å²) in [7, 11) is 0. The van der Waals surface area contributed by atoms with Crippen molar-refractivity contribution >= 4 is 39.2 Å². The minimum atomic E-state index is -4.59. The Kier molecular flexibility index (Phi) is 7.19. The maximum atomic E-state index is 13.2. The molecule has 0 saturated heterocycles. The molecule has 0 bridgehead atoms. The number of aromatic nitrogens is 5. The quantitative estimate of drug-likeness (QED) is 0.459. The average molecular weight is 512 g/mol. The summed E-state index contributed by atoms with van der Waals surface area (Å²) in [4.78, 5) is 36.6. The van der Waals surface area contributed by atoms with E-state index in [1.54, 1.807) is 11.8 Å². The van der Waals surface area contributed by atoms with Gasteiger partial charge in [-0.05, 0) is 19.4 Å². The van der Waals surface area contributed by atoms with Crippen LogP contribution in [0, 0.1) is 0 Å². The highest BCUT2D eigenvalue weighted by Gasteiger charge is 2.39. The van der Waals surface area contributed by atoms with Gasteiger partial charge in [-0.1, -0.05) is 13.3 Å². The molecule has 0 radical (unpaired) electrons. The summed E-state index contributed by atoms with van der Waals surface area (Å²) >= 11 is 1.45. The number of halogens is 3. The number of hydrogen-bond acceptors (Lipinski definition) is 9. The van der Waals surface area contributed by atoms with Gasteiger partial charge in [-0.3, -0.25) is 9.59 Å². The number of fused-ring (bicyclic) bond motifs is 2. The first-order chi connectivity index (χ1) is 16.7. The van der Waals surface area contributed by atoms with E-state index < -0.39 is 23.9 Å². The third kappa shape index (κ3) is 5.36. The molecule has 1 amide bonds. The number of amides is 1. The zero-order valence-electron chi connectivity index (χ0n) is 19.2. The molecule has 0 unspecified atom stereocenters. The van der Waals surface area contributed by atoms with Gasteiger partial charge in [-0.25, -0.2) is 9.97 Å². The Balaban J connectivity index is 1.63. The highest BCUT2D eigenvalue weighted by atomic mass is 32.1. The second-order valence-corrected chi connectivity index (χ2v) is 8.99. The number of carbonyl (C=O) groups is 2. The van der Waals surface area contributed by atoms with Crippen LogP contribution < -0.4 is 10.2 Å². The molecule has 0 aromatic carbocycles. The summed E-state index contributed by atoms with van der Waals surface area (Å²) in [5, 5.41) is 10.4. The van der Waals surface area contributed by atoms with Gasteiger partial charge < -0.3 is 19.5 Å². The Hall–Kier alpha value is -3.29. The molecule has 1 N–H and O–H groups in total. The molecular formula is C21H24F3N7O3S. The lowest BCUT2D eigenvalue weighted by Crippen LogP contribution is -2.36. The summed E-state index contributed by atoms with van der Waals surface area (Å²) in [6, 6.07) is 1.96. The smallest absolute Gasteiger partial charge is 0.451 e. The van der Waals surface area contributed by atoms with Crippen LogP contribution in [0.25, 0.3) is 10.2 Å². The van der Waals surface area contributed by atoms with Gasteiger partial charge in [-0.15, -0.1) is 21.5 Å². The number of alkyl halides is 3. The minimum Gasteiger partial charge on any atom is -0.466 e. The van der Waals surface area contributed by atoms with Crippen LogP contribution in [0.15, 0.2) is 6.07 Å². The average Bonchev–Trinajstić information content (AvgIpc) is 3.41. The number of aryl methyl sites for hydroxylation is 1. The largest absolute Gasteiger partial charge is 0.466 e. The summed E-state index contributed by atoms with van der Waals surface area (Å²) in [6.45, 7) is 4.36. The molecule has 10 nitrogen and oxygen atoms in total. The second kappa shape index (κ2) is 10.1. The Labute approximate surface area is 202 Å². The highest BCUT2D eigenvalue weighted by Crippen LogP contribution is 2.34. The number of thiophene rings is 1. The zero-order valence-corrected chi connectivity index (χ0v) is 20.0. The topological polar surface area (TPSA) is 115 Å². The molecule has 0 fully saturated rings. The van der Waals surface area contributed by atoms with E-state index >= 15 is 0 Å². The highest BCUT2D eigenvalue weighted by molar-refractivity contribution is 7.18. The van der Waals surface area contributed by atoms with Gasteiger partial charge in [0, 0.05) is 24.5 Å². The third-order valence-electron chi connectivity index (χ3n) is 5.35. The number of nitrogens with zero attached hydrogens (tertiary/aromatic N) is 6. The predicted molar refractivity (Wildman–Crippen MR) is 121 cm³/mol. The minimum absolute atomic E-state index is 0.0116. The van der Waals surface area contributed by atoms with Crippen molar-refractivity contribution in [2.24, 2.45) is 0 Å². The van der Waals surface area contributed by atoms with Crippen LogP contribution in [-0.4, -0.2) is 56.3 Å². The molecule has 0 saturated carbocycles. The fourth-order valence-corrected chi connectivity index (χ4v) is 4.93. The summed E-state index contributed by atoms with van der Waals surface area (Å²) < 4.78 is 45.6. The molecule has 0 aliphatic carbocycles. The first-order valence-corrected chi connectivity index (χ1v) is 12.0. The summed E-state index contributed by atoms with van der Waals surface area (Å²) in [5.41, 5.74) is 0. The van der Waals surface area contributed by atoms with Crippen LogP contribution in [0.4, 0.5) is 19.0 Å². The van der Waals surface area contributed by atoms with Crippen molar-refractivity contribution in [3.63, 3.8) is 0 Å². The summed E-state index contributed by atoms with van der Waals surface area (Å²) in [5.74, 6) is -1.47. The number of rotatable bonds is 8. The number of carbonyl (C=O) groups excluding carboxylic acids is 2. The Morgan fingerprint density at radius 2 is 2.00 bits per heavy atom. The molecule has 1 aliphatic rings. The van der Waals surface area contributed by atoms with Crippen LogP contribution in [0.3, 0.4) is 0 Å². The van der Waals surface area contributed by atoms with E-state index in [9.17, 15) is 22.8 Å². The van der Waals surface area contributed by atoms with E-state index in [2.05, 4.69) is 32.4 Å². The van der Waals surface area contributed by atoms with Crippen LogP contribution in [0.2, 0.25) is 0 Å². The van der Waals surface area contributed by atoms with Gasteiger partial charge in [0.25, 0.3) is 5.91 Å². The van der Waals surface area contributed by atoms with E-state index in [1.807, 2.05) is 6.07 Å². The Morgan fingerprint density at radius 3 is 2.71 bits per heavy atom. The summed E-state index contributed by atoms with van der Waals surface area (Å²) in [6.07, 6.45) is -2.83. The SMILES string of the molecule is CCCc1cc2c(N3CCn4c(nnc4C(F)(F)F)C3)nc(C(=O)NCCC(=O)OCC)nc2s1. The lowest BCUT2D eigenvalue weighted by molar-refractivity contribution is -0.147. The van der Waals surface area contributed by atoms with Crippen molar-refractivity contribution in [1.29, 1.82) is 0 Å². The number of ether oxygens (including phenoxy) is 1. The Morgan fingerprint density at radius 1 is 1.20 bits per heavy atom. The standard InChI is InChI=1S/C21H24F3N7O3S/c1-3-5-12-10-13-17(30-8-9-31-14(11-30)28-29-20(31)21(22,23)24)26-16(27-19(13)35-12)18(33)25-7-6-15(32)34-4-2/h10H,3-9,11H2,1-2H3,(H,25,33). The Bertz CT molecular complexity index is 1240. The molecule has 1 aliphatic heterocycles. The van der Waals surface area contributed by atoms with E-state index in [4.69, 9.17) is 4.74 Å². The van der Waals surface area contributed by atoms with E-state index in [0.29, 0.717) is 10.6 Å². The van der Waals surface area contributed by atoms with Gasteiger partial charge in [0.2, 0.25) is 11.6 Å². The fourth-order valence-electron chi connectivity index (χ4n) is 3.81. The monoisotopic (exact) mass is 511 g/mol. The molecule has 0 atom stereocenters. The third-order valence-corrected chi connectivity index (χ3v) is 6.44. The number of hydrogen-bond donors (Lipinski definition) is 1. The number of esters is 1. The van der Waals surface area contributed by atoms with Crippen LogP contribution in [0.5, 0.6) is 0 Å². The molecule has 3 aromatic rings. The molecule has 35 heavy (non-hydrogen) atoms. The van der Waals surface area contributed by atoms with Crippen molar-refractivity contribution in [1.82, 2.24) is 30.0 Å². The number of anilines is 1. The number of nitrogens with one attached hydrogen (secondary N) is 1. The molecule has 4 heterocycles. The van der Waals surface area contributed by atoms with Crippen molar-refractivity contribution < 1.29 is 27.5 Å². The van der Waals surface area contributed by atoms with Crippen molar-refractivity contribution in [2.45, 2.75) is 52.4 Å².